The third kappa shape index (κ3) is 1.51. The van der Waals surface area contributed by atoms with Crippen molar-refractivity contribution in [3.05, 3.63) is 33.7 Å². The molecule has 2 aliphatic heterocycles. The Labute approximate surface area is 126 Å². The number of primary amides is 1. The van der Waals surface area contributed by atoms with Gasteiger partial charge in [-0.2, -0.15) is 0 Å². The number of allylic oxidation sites excluding steroid dienone is 2. The van der Waals surface area contributed by atoms with E-state index < -0.39 is 6.09 Å². The van der Waals surface area contributed by atoms with Gasteiger partial charge in [-0.3, -0.25) is 9.59 Å². The van der Waals surface area contributed by atoms with Gasteiger partial charge in [-0.15, -0.1) is 0 Å². The van der Waals surface area contributed by atoms with Crippen LogP contribution >= 0.6 is 0 Å². The van der Waals surface area contributed by atoms with Crippen LogP contribution in [0.25, 0.3) is 0 Å². The predicted molar refractivity (Wildman–Crippen MR) is 75.5 cm³/mol. The maximum Gasteiger partial charge on any atom is 0.404 e. The highest BCUT2D eigenvalue weighted by molar-refractivity contribution is 6.26. The number of aromatic nitrogens is 1. The van der Waals surface area contributed by atoms with Crippen molar-refractivity contribution in [3.8, 4) is 0 Å². The SMILES string of the molecule is CC1=C(C)C(=O)c2c(c(COC(N)=O)c3n2C[C@@H]2N[C@H]32)C1=O. The fraction of sp³-hybridized carbons (Fsp3) is 0.400. The molecule has 22 heavy (non-hydrogen) atoms. The molecular formula is C15H15N3O4. The number of nitrogens with two attached hydrogens (primary N) is 1. The molecule has 114 valence electrons. The van der Waals surface area contributed by atoms with Gasteiger partial charge in [0.2, 0.25) is 5.78 Å². The van der Waals surface area contributed by atoms with Crippen molar-refractivity contribution in [2.45, 2.75) is 39.1 Å². The molecule has 3 heterocycles. The summed E-state index contributed by atoms with van der Waals surface area (Å²) in [6.07, 6.45) is -0.898. The summed E-state index contributed by atoms with van der Waals surface area (Å²) >= 11 is 0. The van der Waals surface area contributed by atoms with E-state index in [9.17, 15) is 14.4 Å². The summed E-state index contributed by atoms with van der Waals surface area (Å²) in [7, 11) is 0. The number of Topliss-reactive ketones (excluding diaryl/α,β-unsaturated/α-hetero) is 2. The van der Waals surface area contributed by atoms with E-state index in [1.807, 2.05) is 4.57 Å². The molecule has 1 aliphatic carbocycles. The highest BCUT2D eigenvalue weighted by Gasteiger charge is 2.51. The van der Waals surface area contributed by atoms with Gasteiger partial charge in [0.05, 0.1) is 11.6 Å². The van der Waals surface area contributed by atoms with Crippen LogP contribution in [0.1, 0.15) is 52.0 Å². The Bertz CT molecular complexity index is 802. The largest absolute Gasteiger partial charge is 0.445 e. The lowest BCUT2D eigenvalue weighted by Crippen LogP contribution is -2.23. The summed E-state index contributed by atoms with van der Waals surface area (Å²) in [6.45, 7) is 3.89. The van der Waals surface area contributed by atoms with Crippen LogP contribution < -0.4 is 11.1 Å². The number of fused-ring (bicyclic) bond motifs is 5. The second kappa shape index (κ2) is 4.07. The zero-order valence-electron chi connectivity index (χ0n) is 12.2. The number of amides is 1. The number of carbonyl (C=O) groups is 3. The molecule has 3 aliphatic rings. The topological polar surface area (TPSA) is 113 Å². The molecule has 1 aromatic rings. The Kier molecular flexibility index (Phi) is 2.45. The summed E-state index contributed by atoms with van der Waals surface area (Å²) in [5.74, 6) is -0.297. The molecule has 0 radical (unpaired) electrons. The number of ketones is 2. The number of nitrogens with zero attached hydrogens (tertiary/aromatic N) is 1. The van der Waals surface area contributed by atoms with Crippen LogP contribution in [0.5, 0.6) is 0 Å². The van der Waals surface area contributed by atoms with Gasteiger partial charge in [-0.25, -0.2) is 4.79 Å². The van der Waals surface area contributed by atoms with Gasteiger partial charge in [-0.05, 0) is 13.8 Å². The van der Waals surface area contributed by atoms with Gasteiger partial charge in [0, 0.05) is 35.0 Å². The molecule has 0 spiro atoms. The van der Waals surface area contributed by atoms with Crippen molar-refractivity contribution in [3.63, 3.8) is 0 Å². The highest BCUT2D eigenvalue weighted by atomic mass is 16.5. The molecule has 0 saturated carbocycles. The first kappa shape index (κ1) is 13.3. The van der Waals surface area contributed by atoms with E-state index in [1.54, 1.807) is 13.8 Å². The van der Waals surface area contributed by atoms with Gasteiger partial charge in [0.15, 0.2) is 5.78 Å². The van der Waals surface area contributed by atoms with Crippen molar-refractivity contribution in [2.75, 3.05) is 0 Å². The van der Waals surface area contributed by atoms with Crippen molar-refractivity contribution in [2.24, 2.45) is 5.73 Å². The first-order chi connectivity index (χ1) is 10.4. The fourth-order valence-corrected chi connectivity index (χ4v) is 3.51. The van der Waals surface area contributed by atoms with Crippen LogP contribution in [-0.2, 0) is 17.9 Å². The molecule has 2 atom stereocenters. The van der Waals surface area contributed by atoms with E-state index in [2.05, 4.69) is 5.32 Å². The smallest absolute Gasteiger partial charge is 0.404 e. The van der Waals surface area contributed by atoms with Crippen LogP contribution in [0.15, 0.2) is 11.1 Å². The first-order valence-corrected chi connectivity index (χ1v) is 7.12. The zero-order chi connectivity index (χ0) is 15.8. The van der Waals surface area contributed by atoms with E-state index in [0.29, 0.717) is 40.6 Å². The number of nitrogens with one attached hydrogen (secondary N) is 1. The van der Waals surface area contributed by atoms with Crippen molar-refractivity contribution in [1.82, 2.24) is 9.88 Å². The normalized spacial score (nSPS) is 25.0. The molecular weight excluding hydrogens is 286 g/mol. The Morgan fingerprint density at radius 3 is 2.68 bits per heavy atom. The molecule has 4 rings (SSSR count). The summed E-state index contributed by atoms with van der Waals surface area (Å²) in [5.41, 5.74) is 8.25. The monoisotopic (exact) mass is 301 g/mol. The van der Waals surface area contributed by atoms with Crippen molar-refractivity contribution >= 4 is 17.7 Å². The highest BCUT2D eigenvalue weighted by Crippen LogP contribution is 2.46. The van der Waals surface area contributed by atoms with E-state index in [1.165, 1.54) is 0 Å². The number of hydrogen-bond acceptors (Lipinski definition) is 5. The minimum Gasteiger partial charge on any atom is -0.445 e. The number of hydrogen-bond donors (Lipinski definition) is 2. The molecule has 1 fully saturated rings. The van der Waals surface area contributed by atoms with E-state index >= 15 is 0 Å². The van der Waals surface area contributed by atoms with Gasteiger partial charge in [-0.1, -0.05) is 0 Å². The van der Waals surface area contributed by atoms with Crippen LogP contribution in [0, 0.1) is 0 Å². The van der Waals surface area contributed by atoms with E-state index in [0.717, 1.165) is 5.69 Å². The van der Waals surface area contributed by atoms with Crippen LogP contribution in [-0.4, -0.2) is 28.3 Å². The zero-order valence-corrected chi connectivity index (χ0v) is 12.2. The summed E-state index contributed by atoms with van der Waals surface area (Å²) in [5, 5.41) is 3.28. The molecule has 0 unspecified atom stereocenters. The van der Waals surface area contributed by atoms with Gasteiger partial charge >= 0.3 is 6.09 Å². The van der Waals surface area contributed by atoms with Crippen molar-refractivity contribution in [1.29, 1.82) is 0 Å². The average molecular weight is 301 g/mol. The van der Waals surface area contributed by atoms with Gasteiger partial charge in [0.1, 0.15) is 12.3 Å². The van der Waals surface area contributed by atoms with Crippen LogP contribution in [0.3, 0.4) is 0 Å². The Hall–Kier alpha value is -2.41. The van der Waals surface area contributed by atoms with Crippen LogP contribution in [0.2, 0.25) is 0 Å². The van der Waals surface area contributed by atoms with Gasteiger partial charge < -0.3 is 20.4 Å². The van der Waals surface area contributed by atoms with Crippen LogP contribution in [0.4, 0.5) is 4.79 Å². The maximum absolute atomic E-state index is 12.6. The Balaban J connectivity index is 1.92. The molecule has 1 saturated heterocycles. The average Bonchev–Trinajstić information content (AvgIpc) is 3.01. The van der Waals surface area contributed by atoms with E-state index in [-0.39, 0.29) is 24.2 Å². The maximum atomic E-state index is 12.6. The van der Waals surface area contributed by atoms with Gasteiger partial charge in [0.25, 0.3) is 0 Å². The number of carbonyl (C=O) groups excluding carboxylic acids is 3. The quantitative estimate of drug-likeness (QED) is 0.785. The molecule has 0 bridgehead atoms. The minimum atomic E-state index is -0.898. The Morgan fingerprint density at radius 1 is 1.32 bits per heavy atom. The summed E-state index contributed by atoms with van der Waals surface area (Å²) in [4.78, 5) is 36.2. The number of ether oxygens (including phenoxy) is 1. The van der Waals surface area contributed by atoms with E-state index in [4.69, 9.17) is 10.5 Å². The lowest BCUT2D eigenvalue weighted by atomic mass is 9.87. The molecule has 0 aromatic carbocycles. The lowest BCUT2D eigenvalue weighted by molar-refractivity contribution is 0.0967. The minimum absolute atomic E-state index is 0.0871. The second-order valence-electron chi connectivity index (χ2n) is 5.96. The van der Waals surface area contributed by atoms with Crippen molar-refractivity contribution < 1.29 is 19.1 Å². The molecule has 7 nitrogen and oxygen atoms in total. The molecule has 7 heteroatoms. The Morgan fingerprint density at radius 2 is 2.00 bits per heavy atom. The fourth-order valence-electron chi connectivity index (χ4n) is 3.51. The second-order valence-corrected chi connectivity index (χ2v) is 5.96. The predicted octanol–water partition coefficient (Wildman–Crippen LogP) is 0.825. The number of rotatable bonds is 2. The molecule has 3 N–H and O–H groups in total. The summed E-state index contributed by atoms with van der Waals surface area (Å²) in [6, 6.07) is 0.418. The molecule has 1 amide bonds. The lowest BCUT2D eigenvalue weighted by Gasteiger charge is -2.16. The molecule has 1 aromatic heterocycles. The third-order valence-electron chi connectivity index (χ3n) is 4.81. The standard InChI is InChI=1S/C15H15N3O4/c1-5-6(2)14(20)12-9(13(5)19)7(4-22-15(16)21)11-10-8(17-10)3-18(11)12/h8,10,17H,3-4H2,1-2H3,(H2,16,21)/t8-,10-/m0/s1. The third-order valence-corrected chi connectivity index (χ3v) is 4.81. The first-order valence-electron chi connectivity index (χ1n) is 7.12. The summed E-state index contributed by atoms with van der Waals surface area (Å²) < 4.78 is 6.81.